The number of primary sulfonamides is 1. The van der Waals surface area contributed by atoms with Crippen LogP contribution in [0.4, 0.5) is 0 Å². The number of carbonyl (C=O) groups is 1. The normalized spacial score (nSPS) is 11.7. The van der Waals surface area contributed by atoms with Crippen LogP contribution in [0.1, 0.15) is 12.0 Å². The molecule has 0 aliphatic carbocycles. The van der Waals surface area contributed by atoms with Crippen molar-refractivity contribution < 1.29 is 17.9 Å². The monoisotopic (exact) mass is 289 g/mol. The van der Waals surface area contributed by atoms with E-state index in [4.69, 9.17) is 16.7 Å². The molecule has 0 amide bonds. The smallest absolute Gasteiger partial charge is 0.309 e. The van der Waals surface area contributed by atoms with Crippen molar-refractivity contribution in [2.45, 2.75) is 11.3 Å². The van der Waals surface area contributed by atoms with Crippen LogP contribution in [0.25, 0.3) is 6.08 Å². The van der Waals surface area contributed by atoms with Gasteiger partial charge in [-0.25, -0.2) is 13.6 Å². The van der Waals surface area contributed by atoms with Gasteiger partial charge in [-0.15, -0.1) is 0 Å². The molecule has 0 spiro atoms. The first-order valence-electron chi connectivity index (χ1n) is 4.90. The fourth-order valence-electron chi connectivity index (χ4n) is 1.23. The number of hydrogen-bond donors (Lipinski definition) is 1. The van der Waals surface area contributed by atoms with Gasteiger partial charge in [-0.1, -0.05) is 29.8 Å². The maximum Gasteiger partial charge on any atom is 0.309 e. The number of sulfonamides is 1. The number of nitrogens with two attached hydrogens (primary N) is 1. The van der Waals surface area contributed by atoms with Crippen LogP contribution < -0.4 is 5.14 Å². The molecule has 18 heavy (non-hydrogen) atoms. The predicted molar refractivity (Wildman–Crippen MR) is 68.5 cm³/mol. The lowest BCUT2D eigenvalue weighted by Gasteiger charge is -2.02. The van der Waals surface area contributed by atoms with E-state index in [1.807, 2.05) is 0 Å². The van der Waals surface area contributed by atoms with E-state index >= 15 is 0 Å². The van der Waals surface area contributed by atoms with Crippen LogP contribution in [0.15, 0.2) is 29.2 Å². The molecule has 0 unspecified atom stereocenters. The number of halogens is 1. The van der Waals surface area contributed by atoms with Gasteiger partial charge >= 0.3 is 5.97 Å². The van der Waals surface area contributed by atoms with Gasteiger partial charge in [-0.05, 0) is 17.7 Å². The molecule has 5 nitrogen and oxygen atoms in total. The van der Waals surface area contributed by atoms with E-state index in [0.717, 1.165) is 0 Å². The predicted octanol–water partition coefficient (Wildman–Crippen LogP) is 1.56. The zero-order valence-electron chi connectivity index (χ0n) is 9.59. The molecule has 0 saturated carbocycles. The van der Waals surface area contributed by atoms with Crippen LogP contribution in [0.5, 0.6) is 0 Å². The van der Waals surface area contributed by atoms with Crippen LogP contribution in [0, 0.1) is 0 Å². The zero-order valence-corrected chi connectivity index (χ0v) is 11.2. The Labute approximate surface area is 110 Å². The minimum atomic E-state index is -3.82. The molecule has 0 radical (unpaired) electrons. The first kappa shape index (κ1) is 14.7. The van der Waals surface area contributed by atoms with Crippen LogP contribution in [0.3, 0.4) is 0 Å². The van der Waals surface area contributed by atoms with Crippen molar-refractivity contribution in [1.82, 2.24) is 0 Å². The molecule has 0 fully saturated rings. The standard InChI is InChI=1S/C11H12ClNO4S/c1-17-11(14)4-2-3-8-5-6-10(9(12)7-8)18(13,15)16/h2-3,5-7H,4H2,1H3,(H2,13,15,16). The summed E-state index contributed by atoms with van der Waals surface area (Å²) in [6, 6.07) is 4.31. The summed E-state index contributed by atoms with van der Waals surface area (Å²) in [7, 11) is -2.52. The maximum absolute atomic E-state index is 11.1. The summed E-state index contributed by atoms with van der Waals surface area (Å²) in [6.07, 6.45) is 3.36. The van der Waals surface area contributed by atoms with Crippen molar-refractivity contribution in [1.29, 1.82) is 0 Å². The Balaban J connectivity index is 2.89. The van der Waals surface area contributed by atoms with Crippen molar-refractivity contribution in [3.8, 4) is 0 Å². The van der Waals surface area contributed by atoms with Gasteiger partial charge in [0, 0.05) is 0 Å². The van der Waals surface area contributed by atoms with Crippen molar-refractivity contribution in [3.05, 3.63) is 34.9 Å². The Morgan fingerprint density at radius 2 is 2.17 bits per heavy atom. The quantitative estimate of drug-likeness (QED) is 0.852. The molecule has 98 valence electrons. The van der Waals surface area contributed by atoms with E-state index in [0.29, 0.717) is 5.56 Å². The number of hydrogen-bond acceptors (Lipinski definition) is 4. The van der Waals surface area contributed by atoms with E-state index in [-0.39, 0.29) is 22.3 Å². The summed E-state index contributed by atoms with van der Waals surface area (Å²) in [4.78, 5) is 10.7. The van der Waals surface area contributed by atoms with E-state index < -0.39 is 10.0 Å². The molecule has 1 aromatic carbocycles. The van der Waals surface area contributed by atoms with Crippen LogP contribution in [0.2, 0.25) is 5.02 Å². The van der Waals surface area contributed by atoms with Gasteiger partial charge in [0.05, 0.1) is 18.6 Å². The SMILES string of the molecule is COC(=O)CC=Cc1ccc(S(N)(=O)=O)c(Cl)c1. The van der Waals surface area contributed by atoms with Gasteiger partial charge in [0.2, 0.25) is 10.0 Å². The minimum Gasteiger partial charge on any atom is -0.469 e. The number of methoxy groups -OCH3 is 1. The molecule has 0 aliphatic heterocycles. The Morgan fingerprint density at radius 1 is 1.50 bits per heavy atom. The second-order valence-electron chi connectivity index (χ2n) is 3.42. The van der Waals surface area contributed by atoms with Crippen LogP contribution in [-0.4, -0.2) is 21.5 Å². The fraction of sp³-hybridized carbons (Fsp3) is 0.182. The van der Waals surface area contributed by atoms with Gasteiger partial charge in [0.25, 0.3) is 0 Å². The first-order valence-corrected chi connectivity index (χ1v) is 6.82. The molecule has 0 bridgehead atoms. The summed E-state index contributed by atoms with van der Waals surface area (Å²) < 4.78 is 26.7. The highest BCUT2D eigenvalue weighted by atomic mass is 35.5. The molecule has 0 aromatic heterocycles. The molecular formula is C11H12ClNO4S. The Morgan fingerprint density at radius 3 is 2.67 bits per heavy atom. The molecule has 0 aliphatic rings. The van der Waals surface area contributed by atoms with Gasteiger partial charge in [-0.2, -0.15) is 0 Å². The van der Waals surface area contributed by atoms with Crippen molar-refractivity contribution in [2.24, 2.45) is 5.14 Å². The van der Waals surface area contributed by atoms with Crippen LogP contribution >= 0.6 is 11.6 Å². The Kier molecular flexibility index (Phi) is 4.89. The number of rotatable bonds is 4. The Bertz CT molecular complexity index is 581. The lowest BCUT2D eigenvalue weighted by molar-refractivity contribution is -0.139. The fourth-order valence-corrected chi connectivity index (χ4v) is 2.33. The molecular weight excluding hydrogens is 278 g/mol. The third-order valence-electron chi connectivity index (χ3n) is 2.08. The molecule has 2 N–H and O–H groups in total. The third kappa shape index (κ3) is 4.14. The number of esters is 1. The molecule has 0 saturated heterocycles. The molecule has 0 heterocycles. The van der Waals surface area contributed by atoms with E-state index in [9.17, 15) is 13.2 Å². The highest BCUT2D eigenvalue weighted by molar-refractivity contribution is 7.89. The van der Waals surface area contributed by atoms with E-state index in [1.54, 1.807) is 18.2 Å². The molecule has 1 rings (SSSR count). The van der Waals surface area contributed by atoms with Crippen molar-refractivity contribution >= 4 is 33.7 Å². The third-order valence-corrected chi connectivity index (χ3v) is 3.48. The van der Waals surface area contributed by atoms with Crippen LogP contribution in [-0.2, 0) is 19.6 Å². The molecule has 0 atom stereocenters. The summed E-state index contributed by atoms with van der Waals surface area (Å²) in [6.45, 7) is 0. The van der Waals surface area contributed by atoms with E-state index in [2.05, 4.69) is 4.74 Å². The summed E-state index contributed by atoms with van der Waals surface area (Å²) in [5.41, 5.74) is 0.663. The van der Waals surface area contributed by atoms with Gasteiger partial charge < -0.3 is 4.74 Å². The first-order chi connectivity index (χ1) is 8.34. The average Bonchev–Trinajstić information content (AvgIpc) is 2.27. The topological polar surface area (TPSA) is 86.5 Å². The largest absolute Gasteiger partial charge is 0.469 e. The van der Waals surface area contributed by atoms with Gasteiger partial charge in [-0.3, -0.25) is 4.79 Å². The average molecular weight is 290 g/mol. The second-order valence-corrected chi connectivity index (χ2v) is 5.35. The zero-order chi connectivity index (χ0) is 13.8. The lowest BCUT2D eigenvalue weighted by Crippen LogP contribution is -2.12. The summed E-state index contributed by atoms with van der Waals surface area (Å²) >= 11 is 5.80. The van der Waals surface area contributed by atoms with E-state index in [1.165, 1.54) is 19.2 Å². The summed E-state index contributed by atoms with van der Waals surface area (Å²) in [5.74, 6) is -0.362. The van der Waals surface area contributed by atoms with Crippen molar-refractivity contribution in [2.75, 3.05) is 7.11 Å². The minimum absolute atomic E-state index is 0.0396. The summed E-state index contributed by atoms with van der Waals surface area (Å²) in [5, 5.41) is 5.01. The number of benzene rings is 1. The highest BCUT2D eigenvalue weighted by Gasteiger charge is 2.12. The molecule has 1 aromatic rings. The number of carbonyl (C=O) groups excluding carboxylic acids is 1. The Hall–Kier alpha value is -1.37. The van der Waals surface area contributed by atoms with Crippen molar-refractivity contribution in [3.63, 3.8) is 0 Å². The van der Waals surface area contributed by atoms with Gasteiger partial charge in [0.15, 0.2) is 0 Å². The van der Waals surface area contributed by atoms with Gasteiger partial charge in [0.1, 0.15) is 4.90 Å². The highest BCUT2D eigenvalue weighted by Crippen LogP contribution is 2.22. The maximum atomic E-state index is 11.1. The molecule has 7 heteroatoms. The second kappa shape index (κ2) is 5.99. The lowest BCUT2D eigenvalue weighted by atomic mass is 10.2. The number of ether oxygens (including phenoxy) is 1.